The molecule has 180 valence electrons. The summed E-state index contributed by atoms with van der Waals surface area (Å²) >= 11 is 24.8. The maximum atomic E-state index is 6.47. The second kappa shape index (κ2) is 12.0. The third-order valence-electron chi connectivity index (χ3n) is 5.81. The summed E-state index contributed by atoms with van der Waals surface area (Å²) in [6.07, 6.45) is 2.90. The molecule has 4 aromatic rings. The Morgan fingerprint density at radius 2 is 1.69 bits per heavy atom. The minimum absolute atomic E-state index is 0.621. The highest BCUT2D eigenvalue weighted by molar-refractivity contribution is 7.80. The SMILES string of the molecule is Cc1ccc(NC(=S)N(CCc2ccc(Cl)cc2)Cc2cccn2Cc2ccccc2Cl)c(Cl)c1. The van der Waals surface area contributed by atoms with E-state index in [1.165, 1.54) is 5.56 Å². The second-order valence-electron chi connectivity index (χ2n) is 8.43. The van der Waals surface area contributed by atoms with Crippen molar-refractivity contribution < 1.29 is 0 Å². The molecule has 0 saturated carbocycles. The first-order chi connectivity index (χ1) is 16.9. The molecule has 3 nitrogen and oxygen atoms in total. The summed E-state index contributed by atoms with van der Waals surface area (Å²) in [6.45, 7) is 4.07. The number of halogens is 3. The first-order valence-corrected chi connectivity index (χ1v) is 12.9. The minimum atomic E-state index is 0.621. The zero-order valence-electron chi connectivity index (χ0n) is 19.3. The van der Waals surface area contributed by atoms with Gasteiger partial charge in [0.2, 0.25) is 0 Å². The molecule has 0 aliphatic carbocycles. The van der Waals surface area contributed by atoms with Crippen LogP contribution in [-0.4, -0.2) is 21.1 Å². The number of anilines is 1. The van der Waals surface area contributed by atoms with Crippen molar-refractivity contribution in [3.05, 3.63) is 123 Å². The lowest BCUT2D eigenvalue weighted by Crippen LogP contribution is -2.36. The van der Waals surface area contributed by atoms with E-state index < -0.39 is 0 Å². The van der Waals surface area contributed by atoms with Gasteiger partial charge in [0.25, 0.3) is 0 Å². The van der Waals surface area contributed by atoms with E-state index in [0.717, 1.165) is 45.5 Å². The molecule has 4 rings (SSSR count). The van der Waals surface area contributed by atoms with Crippen LogP contribution in [0.3, 0.4) is 0 Å². The first kappa shape index (κ1) is 25.6. The van der Waals surface area contributed by atoms with Gasteiger partial charge in [-0.1, -0.05) is 71.2 Å². The Kier molecular flexibility index (Phi) is 8.74. The van der Waals surface area contributed by atoms with Gasteiger partial charge in [-0.3, -0.25) is 0 Å². The number of thiocarbonyl (C=S) groups is 1. The molecule has 0 spiro atoms. The van der Waals surface area contributed by atoms with Crippen molar-refractivity contribution in [3.63, 3.8) is 0 Å². The van der Waals surface area contributed by atoms with E-state index in [4.69, 9.17) is 47.0 Å². The predicted octanol–water partition coefficient (Wildman–Crippen LogP) is 8.25. The normalized spacial score (nSPS) is 10.9. The summed E-state index contributed by atoms with van der Waals surface area (Å²) in [5, 5.41) is 6.11. The fraction of sp³-hybridized carbons (Fsp3) is 0.179. The number of aryl methyl sites for hydroxylation is 1. The third-order valence-corrected chi connectivity index (χ3v) is 7.11. The second-order valence-corrected chi connectivity index (χ2v) is 10.1. The van der Waals surface area contributed by atoms with E-state index >= 15 is 0 Å². The Bertz CT molecular complexity index is 1300. The Morgan fingerprint density at radius 1 is 0.914 bits per heavy atom. The minimum Gasteiger partial charge on any atom is -0.345 e. The first-order valence-electron chi connectivity index (χ1n) is 11.3. The summed E-state index contributed by atoms with van der Waals surface area (Å²) in [6, 6.07) is 25.9. The Labute approximate surface area is 227 Å². The van der Waals surface area contributed by atoms with Crippen LogP contribution in [0.4, 0.5) is 5.69 Å². The highest BCUT2D eigenvalue weighted by Gasteiger charge is 2.15. The maximum absolute atomic E-state index is 6.47. The number of rotatable bonds is 8. The average molecular weight is 543 g/mol. The Morgan fingerprint density at radius 3 is 2.43 bits per heavy atom. The molecule has 0 bridgehead atoms. The molecule has 0 saturated heterocycles. The zero-order valence-corrected chi connectivity index (χ0v) is 22.4. The summed E-state index contributed by atoms with van der Waals surface area (Å²) in [5.74, 6) is 0. The molecular weight excluding hydrogens is 517 g/mol. The molecule has 7 heteroatoms. The molecule has 0 radical (unpaired) electrons. The van der Waals surface area contributed by atoms with E-state index in [0.29, 0.717) is 23.2 Å². The van der Waals surface area contributed by atoms with Crippen molar-refractivity contribution in [1.29, 1.82) is 0 Å². The maximum Gasteiger partial charge on any atom is 0.173 e. The number of hydrogen-bond acceptors (Lipinski definition) is 1. The monoisotopic (exact) mass is 541 g/mol. The molecule has 1 aromatic heterocycles. The van der Waals surface area contributed by atoms with Crippen molar-refractivity contribution in [2.75, 3.05) is 11.9 Å². The van der Waals surface area contributed by atoms with Gasteiger partial charge in [-0.15, -0.1) is 0 Å². The van der Waals surface area contributed by atoms with Crippen LogP contribution in [0.5, 0.6) is 0 Å². The number of hydrogen-bond donors (Lipinski definition) is 1. The zero-order chi connectivity index (χ0) is 24.8. The van der Waals surface area contributed by atoms with Crippen molar-refractivity contribution in [2.24, 2.45) is 0 Å². The van der Waals surface area contributed by atoms with Crippen LogP contribution in [-0.2, 0) is 19.5 Å². The van der Waals surface area contributed by atoms with E-state index in [9.17, 15) is 0 Å². The average Bonchev–Trinajstić information content (AvgIpc) is 3.27. The lowest BCUT2D eigenvalue weighted by molar-refractivity contribution is 0.409. The summed E-state index contributed by atoms with van der Waals surface area (Å²) in [4.78, 5) is 2.17. The predicted molar refractivity (Wildman–Crippen MR) is 153 cm³/mol. The molecule has 3 aromatic carbocycles. The Balaban J connectivity index is 1.54. The molecule has 0 atom stereocenters. The van der Waals surface area contributed by atoms with Crippen molar-refractivity contribution >= 4 is 57.8 Å². The van der Waals surface area contributed by atoms with Crippen molar-refractivity contribution in [1.82, 2.24) is 9.47 Å². The van der Waals surface area contributed by atoms with E-state index in [1.807, 2.05) is 67.6 Å². The van der Waals surface area contributed by atoms with E-state index in [-0.39, 0.29) is 0 Å². The molecule has 0 aliphatic heterocycles. The van der Waals surface area contributed by atoms with Gasteiger partial charge in [0.05, 0.1) is 17.3 Å². The van der Waals surface area contributed by atoms with Gasteiger partial charge < -0.3 is 14.8 Å². The molecular formula is C28H26Cl3N3S. The molecule has 1 heterocycles. The highest BCUT2D eigenvalue weighted by Crippen LogP contribution is 2.24. The van der Waals surface area contributed by atoms with Gasteiger partial charge in [0, 0.05) is 35.0 Å². The third kappa shape index (κ3) is 7.02. The number of benzene rings is 3. The molecule has 0 unspecified atom stereocenters. The standard InChI is InChI=1S/C28H26Cl3N3S/c1-20-8-13-27(26(31)17-20)32-28(35)34(16-14-21-9-11-23(29)12-10-21)19-24-6-4-15-33(24)18-22-5-2-3-7-25(22)30/h2-13,15,17H,14,16,18-19H2,1H3,(H,32,35). The quantitative estimate of drug-likeness (QED) is 0.226. The van der Waals surface area contributed by atoms with Gasteiger partial charge in [-0.2, -0.15) is 0 Å². The largest absolute Gasteiger partial charge is 0.345 e. The van der Waals surface area contributed by atoms with E-state index in [2.05, 4.69) is 39.2 Å². The van der Waals surface area contributed by atoms with Crippen LogP contribution in [0.25, 0.3) is 0 Å². The summed E-state index contributed by atoms with van der Waals surface area (Å²) in [5.41, 5.74) is 5.31. The number of nitrogens with zero attached hydrogens (tertiary/aromatic N) is 2. The molecule has 35 heavy (non-hydrogen) atoms. The molecule has 0 aliphatic rings. The smallest absolute Gasteiger partial charge is 0.173 e. The van der Waals surface area contributed by atoms with Crippen LogP contribution in [0.15, 0.2) is 85.1 Å². The van der Waals surface area contributed by atoms with Crippen molar-refractivity contribution in [2.45, 2.75) is 26.4 Å². The van der Waals surface area contributed by atoms with Crippen LogP contribution >= 0.6 is 47.0 Å². The molecule has 0 fully saturated rings. The molecule has 1 N–H and O–H groups in total. The number of aromatic nitrogens is 1. The fourth-order valence-corrected chi connectivity index (χ4v) is 4.71. The van der Waals surface area contributed by atoms with Gasteiger partial charge in [0.15, 0.2) is 5.11 Å². The summed E-state index contributed by atoms with van der Waals surface area (Å²) in [7, 11) is 0. The highest BCUT2D eigenvalue weighted by atomic mass is 35.5. The van der Waals surface area contributed by atoms with Crippen LogP contribution in [0.2, 0.25) is 15.1 Å². The lowest BCUT2D eigenvalue weighted by Gasteiger charge is -2.27. The van der Waals surface area contributed by atoms with E-state index in [1.54, 1.807) is 0 Å². The van der Waals surface area contributed by atoms with Crippen LogP contribution in [0, 0.1) is 6.92 Å². The summed E-state index contributed by atoms with van der Waals surface area (Å²) < 4.78 is 2.21. The van der Waals surface area contributed by atoms with Crippen LogP contribution < -0.4 is 5.32 Å². The van der Waals surface area contributed by atoms with Gasteiger partial charge in [-0.05, 0) is 84.7 Å². The Hall–Kier alpha value is -2.50. The van der Waals surface area contributed by atoms with Gasteiger partial charge >= 0.3 is 0 Å². The fourth-order valence-electron chi connectivity index (χ4n) is 3.84. The lowest BCUT2D eigenvalue weighted by atomic mass is 10.1. The van der Waals surface area contributed by atoms with Gasteiger partial charge in [-0.25, -0.2) is 0 Å². The number of nitrogens with one attached hydrogen (secondary N) is 1. The topological polar surface area (TPSA) is 20.2 Å². The van der Waals surface area contributed by atoms with Crippen molar-refractivity contribution in [3.8, 4) is 0 Å². The van der Waals surface area contributed by atoms with Gasteiger partial charge in [0.1, 0.15) is 0 Å². The molecule has 0 amide bonds. The van der Waals surface area contributed by atoms with Crippen LogP contribution in [0.1, 0.15) is 22.4 Å².